The van der Waals surface area contributed by atoms with Crippen LogP contribution in [0.1, 0.15) is 41.4 Å². The van der Waals surface area contributed by atoms with Gasteiger partial charge in [0, 0.05) is 17.3 Å². The Labute approximate surface area is 168 Å². The third kappa shape index (κ3) is 3.93. The zero-order chi connectivity index (χ0) is 22.1. The van der Waals surface area contributed by atoms with Crippen LogP contribution in [0, 0.1) is 16.2 Å². The van der Waals surface area contributed by atoms with Crippen LogP contribution in [0.4, 0.5) is 24.8 Å². The molecule has 3 rings (SSSR count). The van der Waals surface area contributed by atoms with Gasteiger partial charge in [-0.2, -0.15) is 18.4 Å². The van der Waals surface area contributed by atoms with E-state index in [0.29, 0.717) is 11.2 Å². The standard InChI is InChI=1S/C19H15F3N6O2/c1-10(2)28-16-7-12(9-23)14(19(20,21)22)8-15(16)25-18(28)24-13-5-3-4-11(6-13)17(29)26-27-30/h3-8,10H,1-2H3,(H,24,25)(H,26,29,30). The van der Waals surface area contributed by atoms with E-state index in [1.54, 1.807) is 28.2 Å². The van der Waals surface area contributed by atoms with E-state index >= 15 is 0 Å². The zero-order valence-corrected chi connectivity index (χ0v) is 15.8. The molecule has 2 aromatic carbocycles. The van der Waals surface area contributed by atoms with Crippen LogP contribution in [0.5, 0.6) is 0 Å². The van der Waals surface area contributed by atoms with Gasteiger partial charge in [-0.1, -0.05) is 6.07 Å². The third-order valence-electron chi connectivity index (χ3n) is 4.30. The highest BCUT2D eigenvalue weighted by Gasteiger charge is 2.34. The van der Waals surface area contributed by atoms with Gasteiger partial charge in [0.2, 0.25) is 5.95 Å². The lowest BCUT2D eigenvalue weighted by Crippen LogP contribution is -2.16. The van der Waals surface area contributed by atoms with E-state index in [2.05, 4.69) is 15.6 Å². The molecule has 11 heteroatoms. The van der Waals surface area contributed by atoms with Crippen molar-refractivity contribution in [2.24, 2.45) is 5.29 Å². The second-order valence-electron chi connectivity index (χ2n) is 6.63. The van der Waals surface area contributed by atoms with E-state index in [4.69, 9.17) is 0 Å². The molecule has 0 fully saturated rings. The van der Waals surface area contributed by atoms with Gasteiger partial charge >= 0.3 is 6.18 Å². The average molecular weight is 416 g/mol. The molecule has 0 radical (unpaired) electrons. The Balaban J connectivity index is 2.12. The predicted molar refractivity (Wildman–Crippen MR) is 103 cm³/mol. The predicted octanol–water partition coefficient (Wildman–Crippen LogP) is 4.66. The van der Waals surface area contributed by atoms with E-state index in [-0.39, 0.29) is 23.1 Å². The first-order valence-corrected chi connectivity index (χ1v) is 8.68. The Bertz CT molecular complexity index is 1180. The number of rotatable bonds is 5. The number of halogens is 3. The second kappa shape index (κ2) is 7.82. The molecule has 3 aromatic rings. The average Bonchev–Trinajstić information content (AvgIpc) is 3.03. The summed E-state index contributed by atoms with van der Waals surface area (Å²) in [4.78, 5) is 26.3. The molecule has 0 bridgehead atoms. The van der Waals surface area contributed by atoms with Crippen LogP contribution < -0.4 is 10.7 Å². The summed E-state index contributed by atoms with van der Waals surface area (Å²) < 4.78 is 41.5. The second-order valence-corrected chi connectivity index (χ2v) is 6.63. The lowest BCUT2D eigenvalue weighted by Gasteiger charge is -2.15. The Morgan fingerprint density at radius 3 is 2.60 bits per heavy atom. The maximum atomic E-state index is 13.3. The van der Waals surface area contributed by atoms with E-state index in [9.17, 15) is 28.1 Å². The molecule has 2 N–H and O–H groups in total. The number of nitroso groups, excluding NO2 is 1. The van der Waals surface area contributed by atoms with Gasteiger partial charge in [0.05, 0.1) is 33.5 Å². The molecule has 0 aliphatic heterocycles. The molecule has 8 nitrogen and oxygen atoms in total. The van der Waals surface area contributed by atoms with Crippen LogP contribution in [0.25, 0.3) is 11.0 Å². The summed E-state index contributed by atoms with van der Waals surface area (Å²) in [6, 6.07) is 9.47. The monoisotopic (exact) mass is 416 g/mol. The molecular formula is C19H15F3N6O2. The van der Waals surface area contributed by atoms with E-state index < -0.39 is 23.2 Å². The Morgan fingerprint density at radius 2 is 2.00 bits per heavy atom. The minimum atomic E-state index is -4.69. The van der Waals surface area contributed by atoms with Crippen molar-refractivity contribution in [3.05, 3.63) is 58.0 Å². The zero-order valence-electron chi connectivity index (χ0n) is 15.8. The summed E-state index contributed by atoms with van der Waals surface area (Å²) in [5, 5.41) is 14.5. The fourth-order valence-corrected chi connectivity index (χ4v) is 3.05. The fraction of sp³-hybridized carbons (Fsp3) is 0.211. The number of benzene rings is 2. The van der Waals surface area contributed by atoms with Crippen molar-refractivity contribution in [1.82, 2.24) is 15.0 Å². The molecule has 0 aliphatic rings. The number of carbonyl (C=O) groups excluding carboxylic acids is 1. The molecule has 0 spiro atoms. The van der Waals surface area contributed by atoms with Gasteiger partial charge in [0.25, 0.3) is 5.91 Å². The first-order chi connectivity index (χ1) is 14.2. The van der Waals surface area contributed by atoms with Crippen LogP contribution in [0.3, 0.4) is 0 Å². The van der Waals surface area contributed by atoms with Gasteiger partial charge in [0.1, 0.15) is 0 Å². The van der Waals surface area contributed by atoms with E-state index in [1.807, 2.05) is 13.8 Å². The SMILES string of the molecule is CC(C)n1c(Nc2cccc(C(=O)NN=O)c2)nc2cc(C(F)(F)F)c(C#N)cc21. The van der Waals surface area contributed by atoms with Gasteiger partial charge in [-0.15, -0.1) is 4.91 Å². The number of nitrogens with zero attached hydrogens (tertiary/aromatic N) is 4. The Kier molecular flexibility index (Phi) is 5.42. The van der Waals surface area contributed by atoms with Crippen LogP contribution in [-0.4, -0.2) is 15.5 Å². The number of carbonyl (C=O) groups is 1. The van der Waals surface area contributed by atoms with Crippen molar-refractivity contribution in [2.75, 3.05) is 5.32 Å². The molecule has 0 unspecified atom stereocenters. The van der Waals surface area contributed by atoms with Crippen molar-refractivity contribution in [1.29, 1.82) is 5.26 Å². The van der Waals surface area contributed by atoms with Gasteiger partial charge < -0.3 is 9.88 Å². The summed E-state index contributed by atoms with van der Waals surface area (Å²) in [7, 11) is 0. The summed E-state index contributed by atoms with van der Waals surface area (Å²) in [6.07, 6.45) is -4.69. The molecule has 1 aromatic heterocycles. The maximum absolute atomic E-state index is 13.3. The number of alkyl halides is 3. The minimum absolute atomic E-state index is 0.0663. The van der Waals surface area contributed by atoms with Crippen molar-refractivity contribution in [3.8, 4) is 6.07 Å². The maximum Gasteiger partial charge on any atom is 0.417 e. The topological polar surface area (TPSA) is 112 Å². The van der Waals surface area contributed by atoms with Crippen LogP contribution in [0.2, 0.25) is 0 Å². The highest BCUT2D eigenvalue weighted by atomic mass is 19.4. The number of anilines is 2. The number of imidazole rings is 1. The number of fused-ring (bicyclic) bond motifs is 1. The Hall–Kier alpha value is -3.94. The number of aromatic nitrogens is 2. The molecule has 0 saturated carbocycles. The highest BCUT2D eigenvalue weighted by Crippen LogP contribution is 2.36. The van der Waals surface area contributed by atoms with Crippen molar-refractivity contribution >= 4 is 28.6 Å². The number of hydrogen-bond donors (Lipinski definition) is 2. The Morgan fingerprint density at radius 1 is 1.27 bits per heavy atom. The van der Waals surface area contributed by atoms with E-state index in [0.717, 1.165) is 12.1 Å². The summed E-state index contributed by atoms with van der Waals surface area (Å²) >= 11 is 0. The first kappa shape index (κ1) is 20.8. The fourth-order valence-electron chi connectivity index (χ4n) is 3.05. The number of hydrogen-bond acceptors (Lipinski definition) is 6. The molecule has 0 atom stereocenters. The van der Waals surface area contributed by atoms with Crippen molar-refractivity contribution in [2.45, 2.75) is 26.1 Å². The molecule has 0 saturated heterocycles. The summed E-state index contributed by atoms with van der Waals surface area (Å²) in [5.74, 6) is -0.478. The molecule has 1 heterocycles. The van der Waals surface area contributed by atoms with E-state index in [1.165, 1.54) is 12.1 Å². The molecule has 154 valence electrons. The summed E-state index contributed by atoms with van der Waals surface area (Å²) in [6.45, 7) is 3.63. The van der Waals surface area contributed by atoms with Gasteiger partial charge in [-0.3, -0.25) is 4.79 Å². The lowest BCUT2D eigenvalue weighted by molar-refractivity contribution is -0.137. The number of amides is 1. The first-order valence-electron chi connectivity index (χ1n) is 8.68. The lowest BCUT2D eigenvalue weighted by atomic mass is 10.1. The molecule has 0 aliphatic carbocycles. The molecular weight excluding hydrogens is 401 g/mol. The largest absolute Gasteiger partial charge is 0.417 e. The van der Waals surface area contributed by atoms with Crippen LogP contribution in [-0.2, 0) is 6.18 Å². The van der Waals surface area contributed by atoms with Gasteiger partial charge in [-0.05, 0) is 44.2 Å². The van der Waals surface area contributed by atoms with Crippen LogP contribution in [0.15, 0.2) is 41.7 Å². The van der Waals surface area contributed by atoms with Crippen molar-refractivity contribution < 1.29 is 18.0 Å². The molecule has 1 amide bonds. The quantitative estimate of drug-likeness (QED) is 0.464. The van der Waals surface area contributed by atoms with Crippen LogP contribution >= 0.6 is 0 Å². The number of nitrogens with one attached hydrogen (secondary N) is 2. The van der Waals surface area contributed by atoms with Gasteiger partial charge in [0.15, 0.2) is 0 Å². The molecule has 30 heavy (non-hydrogen) atoms. The smallest absolute Gasteiger partial charge is 0.326 e. The van der Waals surface area contributed by atoms with Crippen molar-refractivity contribution in [3.63, 3.8) is 0 Å². The third-order valence-corrected chi connectivity index (χ3v) is 4.30. The minimum Gasteiger partial charge on any atom is -0.326 e. The van der Waals surface area contributed by atoms with Gasteiger partial charge in [-0.25, -0.2) is 10.4 Å². The normalized spacial score (nSPS) is 11.4. The number of nitriles is 1. The highest BCUT2D eigenvalue weighted by molar-refractivity contribution is 5.95. The summed E-state index contributed by atoms with van der Waals surface area (Å²) in [5.41, 5.74) is 1.22.